The predicted molar refractivity (Wildman–Crippen MR) is 89.0 cm³/mol. The topological polar surface area (TPSA) is 50.1 Å². The zero-order chi connectivity index (χ0) is 16.0. The predicted octanol–water partition coefficient (Wildman–Crippen LogP) is 4.00. The summed E-state index contributed by atoms with van der Waals surface area (Å²) < 4.78 is 4.96. The summed E-state index contributed by atoms with van der Waals surface area (Å²) in [6.45, 7) is 10.2. The van der Waals surface area contributed by atoms with Gasteiger partial charge >= 0.3 is 5.97 Å². The van der Waals surface area contributed by atoms with Crippen LogP contribution in [0.1, 0.15) is 13.8 Å². The van der Waals surface area contributed by atoms with Crippen LogP contribution in [-0.4, -0.2) is 21.8 Å². The molecule has 0 aliphatic rings. The molecule has 0 aliphatic carbocycles. The molecular formula is C13H11Cl2NO2S2. The Balaban J connectivity index is 6.08. The fourth-order valence-corrected chi connectivity index (χ4v) is 1.74. The maximum atomic E-state index is 11.9. The van der Waals surface area contributed by atoms with E-state index in [1.54, 1.807) is 19.9 Å². The number of halogens is 2. The van der Waals surface area contributed by atoms with E-state index in [0.29, 0.717) is 0 Å². The van der Waals surface area contributed by atoms with Gasteiger partial charge in [-0.05, 0) is 13.8 Å². The quantitative estimate of drug-likeness (QED) is 0.314. The Morgan fingerprint density at radius 3 is 1.85 bits per heavy atom. The Kier molecular flexibility index (Phi) is 7.84. The molecule has 0 fully saturated rings. The lowest BCUT2D eigenvalue weighted by atomic mass is 10.0. The standard InChI is InChI=1S/C13H11Cl2NO2S2/c1-6(2)18-13(17)9(5-16)10(11(19)7(3)14)12(20)8(4)15/h6H,3-4H2,1-2H3. The second kappa shape index (κ2) is 8.28. The highest BCUT2D eigenvalue weighted by atomic mass is 35.5. The monoisotopic (exact) mass is 347 g/mol. The van der Waals surface area contributed by atoms with Crippen molar-refractivity contribution in [1.82, 2.24) is 0 Å². The number of hydrogen-bond acceptors (Lipinski definition) is 5. The molecule has 7 heteroatoms. The van der Waals surface area contributed by atoms with E-state index in [0.717, 1.165) is 0 Å². The lowest BCUT2D eigenvalue weighted by Gasteiger charge is -2.13. The summed E-state index contributed by atoms with van der Waals surface area (Å²) in [5.41, 5.74) is -0.444. The van der Waals surface area contributed by atoms with E-state index in [1.807, 2.05) is 0 Å². The molecule has 0 spiro atoms. The summed E-state index contributed by atoms with van der Waals surface area (Å²) in [5.74, 6) is -0.863. The molecule has 0 aliphatic heterocycles. The van der Waals surface area contributed by atoms with Crippen molar-refractivity contribution in [2.24, 2.45) is 0 Å². The van der Waals surface area contributed by atoms with Gasteiger partial charge in [0.05, 0.1) is 25.9 Å². The normalized spacial score (nSPS) is 9.40. The van der Waals surface area contributed by atoms with Gasteiger partial charge in [-0.15, -0.1) is 0 Å². The Morgan fingerprint density at radius 2 is 1.60 bits per heavy atom. The van der Waals surface area contributed by atoms with Gasteiger partial charge in [-0.25, -0.2) is 4.79 Å². The third kappa shape index (κ3) is 5.14. The fourth-order valence-electron chi connectivity index (χ4n) is 1.08. The summed E-state index contributed by atoms with van der Waals surface area (Å²) in [4.78, 5) is 11.8. The molecule has 0 aromatic rings. The van der Waals surface area contributed by atoms with Gasteiger partial charge in [0.15, 0.2) is 0 Å². The molecule has 106 valence electrons. The smallest absolute Gasteiger partial charge is 0.349 e. The van der Waals surface area contributed by atoms with Crippen LogP contribution in [0.4, 0.5) is 0 Å². The van der Waals surface area contributed by atoms with Gasteiger partial charge in [0.2, 0.25) is 0 Å². The largest absolute Gasteiger partial charge is 0.459 e. The summed E-state index contributed by atoms with van der Waals surface area (Å²) in [7, 11) is 0. The van der Waals surface area contributed by atoms with Crippen molar-refractivity contribution in [3.63, 3.8) is 0 Å². The van der Waals surface area contributed by atoms with Gasteiger partial charge in [-0.3, -0.25) is 0 Å². The van der Waals surface area contributed by atoms with Gasteiger partial charge < -0.3 is 4.74 Å². The maximum Gasteiger partial charge on any atom is 0.349 e. The van der Waals surface area contributed by atoms with E-state index in [9.17, 15) is 4.79 Å². The van der Waals surface area contributed by atoms with Crippen molar-refractivity contribution >= 4 is 63.3 Å². The Hall–Kier alpha value is -1.06. The van der Waals surface area contributed by atoms with E-state index in [1.165, 1.54) is 0 Å². The SMILES string of the molecule is C=C(Cl)C(=S)C(C(=S)C(=C)Cl)=C(C#N)C(=O)OC(C)C. The summed E-state index contributed by atoms with van der Waals surface area (Å²) in [5, 5.41) is 9.08. The summed E-state index contributed by atoms with van der Waals surface area (Å²) in [6, 6.07) is 1.71. The summed E-state index contributed by atoms with van der Waals surface area (Å²) >= 11 is 21.5. The molecule has 0 radical (unpaired) electrons. The number of nitrogens with zero attached hydrogens (tertiary/aromatic N) is 1. The molecule has 0 aromatic carbocycles. The van der Waals surface area contributed by atoms with Gasteiger partial charge in [-0.2, -0.15) is 5.26 Å². The van der Waals surface area contributed by atoms with Crippen LogP contribution in [-0.2, 0) is 9.53 Å². The molecule has 0 N–H and O–H groups in total. The van der Waals surface area contributed by atoms with Crippen LogP contribution in [0.15, 0.2) is 34.4 Å². The molecule has 0 saturated heterocycles. The van der Waals surface area contributed by atoms with Crippen LogP contribution < -0.4 is 0 Å². The lowest BCUT2D eigenvalue weighted by molar-refractivity contribution is -0.142. The first-order chi connectivity index (χ1) is 9.13. The third-order valence-corrected chi connectivity index (χ3v) is 3.36. The first-order valence-corrected chi connectivity index (χ1v) is 6.84. The van der Waals surface area contributed by atoms with E-state index in [-0.39, 0.29) is 30.9 Å². The Bertz CT molecular complexity index is 543. The van der Waals surface area contributed by atoms with E-state index >= 15 is 0 Å². The highest BCUT2D eigenvalue weighted by molar-refractivity contribution is 7.83. The Labute approximate surface area is 138 Å². The molecule has 0 atom stereocenters. The zero-order valence-electron chi connectivity index (χ0n) is 10.8. The molecule has 0 aromatic heterocycles. The number of esters is 1. The minimum atomic E-state index is -0.863. The van der Waals surface area contributed by atoms with Crippen LogP contribution in [0.5, 0.6) is 0 Å². The zero-order valence-corrected chi connectivity index (χ0v) is 14.0. The molecule has 0 bridgehead atoms. The van der Waals surface area contributed by atoms with Gasteiger partial charge in [-0.1, -0.05) is 60.8 Å². The number of carbonyl (C=O) groups excluding carboxylic acids is 1. The maximum absolute atomic E-state index is 11.9. The number of carbonyl (C=O) groups is 1. The molecule has 3 nitrogen and oxygen atoms in total. The summed E-state index contributed by atoms with van der Waals surface area (Å²) in [6.07, 6.45) is -0.410. The second-order valence-electron chi connectivity index (χ2n) is 3.78. The van der Waals surface area contributed by atoms with E-state index in [2.05, 4.69) is 13.2 Å². The first kappa shape index (κ1) is 18.9. The fraction of sp³-hybridized carbons (Fsp3) is 0.231. The molecule has 0 heterocycles. The van der Waals surface area contributed by atoms with Gasteiger partial charge in [0, 0.05) is 5.57 Å². The molecule has 0 unspecified atom stereocenters. The van der Waals surface area contributed by atoms with Crippen molar-refractivity contribution in [3.8, 4) is 6.07 Å². The number of ether oxygens (including phenoxy) is 1. The van der Waals surface area contributed by atoms with Crippen LogP contribution >= 0.6 is 47.6 Å². The first-order valence-electron chi connectivity index (χ1n) is 5.27. The number of rotatable bonds is 6. The van der Waals surface area contributed by atoms with Gasteiger partial charge in [0.25, 0.3) is 0 Å². The molecule has 20 heavy (non-hydrogen) atoms. The molecule has 0 rings (SSSR count). The van der Waals surface area contributed by atoms with Crippen molar-refractivity contribution in [2.45, 2.75) is 20.0 Å². The minimum absolute atomic E-state index is 0.0413. The average molecular weight is 348 g/mol. The highest BCUT2D eigenvalue weighted by Gasteiger charge is 2.25. The molecule has 0 saturated carbocycles. The van der Waals surface area contributed by atoms with Crippen LogP contribution in [0.25, 0.3) is 0 Å². The highest BCUT2D eigenvalue weighted by Crippen LogP contribution is 2.22. The van der Waals surface area contributed by atoms with Crippen molar-refractivity contribution in [2.75, 3.05) is 0 Å². The van der Waals surface area contributed by atoms with E-state index in [4.69, 9.17) is 57.6 Å². The van der Waals surface area contributed by atoms with E-state index < -0.39 is 12.1 Å². The number of hydrogen-bond donors (Lipinski definition) is 0. The van der Waals surface area contributed by atoms with Gasteiger partial charge in [0.1, 0.15) is 11.6 Å². The number of thiocarbonyl (C=S) groups is 2. The second-order valence-corrected chi connectivity index (χ2v) is 5.51. The number of nitriles is 1. The average Bonchev–Trinajstić information content (AvgIpc) is 2.32. The van der Waals surface area contributed by atoms with Crippen molar-refractivity contribution in [3.05, 3.63) is 34.4 Å². The Morgan fingerprint density at radius 1 is 1.20 bits per heavy atom. The molecule has 0 amide bonds. The van der Waals surface area contributed by atoms with Crippen molar-refractivity contribution in [1.29, 1.82) is 5.26 Å². The lowest BCUT2D eigenvalue weighted by Crippen LogP contribution is -2.20. The van der Waals surface area contributed by atoms with Crippen LogP contribution in [0, 0.1) is 11.3 Å². The third-order valence-electron chi connectivity index (χ3n) is 1.86. The minimum Gasteiger partial charge on any atom is -0.459 e. The van der Waals surface area contributed by atoms with Crippen molar-refractivity contribution < 1.29 is 9.53 Å². The molecular weight excluding hydrogens is 337 g/mol. The number of allylic oxidation sites excluding steroid dienone is 3. The van der Waals surface area contributed by atoms with Crippen LogP contribution in [0.2, 0.25) is 0 Å². The van der Waals surface area contributed by atoms with Crippen LogP contribution in [0.3, 0.4) is 0 Å².